The van der Waals surface area contributed by atoms with Crippen molar-refractivity contribution in [3.05, 3.63) is 28.2 Å². The number of nitrogens with two attached hydrogens (primary N) is 1. The van der Waals surface area contributed by atoms with Crippen LogP contribution in [0, 0.1) is 0 Å². The van der Waals surface area contributed by atoms with Crippen molar-refractivity contribution in [3.8, 4) is 0 Å². The molecule has 0 amide bonds. The van der Waals surface area contributed by atoms with Crippen molar-refractivity contribution >= 4 is 27.8 Å². The Morgan fingerprint density at radius 2 is 2.27 bits per heavy atom. The number of hydrogen-bond acceptors (Lipinski definition) is 3. The summed E-state index contributed by atoms with van der Waals surface area (Å²) in [7, 11) is 0. The van der Waals surface area contributed by atoms with E-state index < -0.39 is 0 Å². The van der Waals surface area contributed by atoms with Crippen LogP contribution >= 0.6 is 15.9 Å². The summed E-state index contributed by atoms with van der Waals surface area (Å²) in [6.45, 7) is 0. The Morgan fingerprint density at radius 1 is 1.55 bits per heavy atom. The first-order valence-corrected chi connectivity index (χ1v) is 3.76. The highest BCUT2D eigenvalue weighted by Gasteiger charge is 1.95. The number of anilines is 1. The van der Waals surface area contributed by atoms with Crippen LogP contribution in [0.25, 0.3) is 0 Å². The van der Waals surface area contributed by atoms with Crippen LogP contribution in [0.5, 0.6) is 0 Å². The Labute approximate surface area is 72.6 Å². The maximum absolute atomic E-state index is 8.22. The number of nitrogens with zero attached hydrogens (tertiary/aromatic N) is 1. The predicted octanol–water partition coefficient (Wildman–Crippen LogP) is 1.84. The van der Waals surface area contributed by atoms with Gasteiger partial charge < -0.3 is 10.9 Å². The van der Waals surface area contributed by atoms with Gasteiger partial charge in [-0.3, -0.25) is 0 Å². The maximum atomic E-state index is 8.22. The van der Waals surface area contributed by atoms with Crippen LogP contribution in [0.15, 0.2) is 27.8 Å². The van der Waals surface area contributed by atoms with Gasteiger partial charge in [0.15, 0.2) is 0 Å². The molecule has 1 rings (SSSR count). The second-order valence-electron chi connectivity index (χ2n) is 2.02. The van der Waals surface area contributed by atoms with Gasteiger partial charge in [0.2, 0.25) is 0 Å². The van der Waals surface area contributed by atoms with E-state index in [1.807, 2.05) is 6.07 Å². The largest absolute Gasteiger partial charge is 0.411 e. The number of nitrogen functional groups attached to an aromatic ring is 1. The van der Waals surface area contributed by atoms with Gasteiger partial charge in [-0.25, -0.2) is 0 Å². The van der Waals surface area contributed by atoms with E-state index in [9.17, 15) is 0 Å². The molecule has 0 saturated carbocycles. The average Bonchev–Trinajstić information content (AvgIpc) is 1.95. The van der Waals surface area contributed by atoms with Gasteiger partial charge in [0.05, 0.1) is 6.21 Å². The van der Waals surface area contributed by atoms with Crippen molar-refractivity contribution < 1.29 is 5.21 Å². The van der Waals surface area contributed by atoms with Gasteiger partial charge in [0.1, 0.15) is 0 Å². The summed E-state index contributed by atoms with van der Waals surface area (Å²) >= 11 is 3.26. The number of halogens is 1. The predicted molar refractivity (Wildman–Crippen MR) is 47.9 cm³/mol. The molecule has 0 heterocycles. The molecule has 0 spiro atoms. The molecule has 0 radical (unpaired) electrons. The first-order chi connectivity index (χ1) is 5.24. The molecule has 0 bridgehead atoms. The third-order valence-corrected chi connectivity index (χ3v) is 1.74. The summed E-state index contributed by atoms with van der Waals surface area (Å²) in [6, 6.07) is 5.34. The van der Waals surface area contributed by atoms with Crippen molar-refractivity contribution in [3.63, 3.8) is 0 Å². The second-order valence-corrected chi connectivity index (χ2v) is 2.93. The van der Waals surface area contributed by atoms with Crippen molar-refractivity contribution in [2.24, 2.45) is 5.16 Å². The third kappa shape index (κ3) is 1.94. The second kappa shape index (κ2) is 3.39. The Hall–Kier alpha value is -1.03. The molecule has 0 saturated heterocycles. The minimum absolute atomic E-state index is 0.581. The fourth-order valence-corrected chi connectivity index (χ4v) is 1.10. The Balaban J connectivity index is 3.09. The summed E-state index contributed by atoms with van der Waals surface area (Å²) < 4.78 is 0.907. The molecule has 11 heavy (non-hydrogen) atoms. The Morgan fingerprint density at radius 3 is 2.82 bits per heavy atom. The van der Waals surface area contributed by atoms with Crippen LogP contribution in [-0.4, -0.2) is 11.4 Å². The molecule has 3 nitrogen and oxygen atoms in total. The molecule has 4 heteroatoms. The highest BCUT2D eigenvalue weighted by molar-refractivity contribution is 9.10. The van der Waals surface area contributed by atoms with E-state index in [0.29, 0.717) is 11.3 Å². The molecule has 58 valence electrons. The molecule has 1 aromatic rings. The van der Waals surface area contributed by atoms with Crippen LogP contribution in [0.4, 0.5) is 5.69 Å². The van der Waals surface area contributed by atoms with E-state index in [1.165, 1.54) is 6.21 Å². The van der Waals surface area contributed by atoms with Crippen LogP contribution in [0.2, 0.25) is 0 Å². The van der Waals surface area contributed by atoms with E-state index in [1.54, 1.807) is 12.1 Å². The fraction of sp³-hybridized carbons (Fsp3) is 0. The lowest BCUT2D eigenvalue weighted by atomic mass is 10.2. The van der Waals surface area contributed by atoms with Gasteiger partial charge >= 0.3 is 0 Å². The summed E-state index contributed by atoms with van der Waals surface area (Å²) in [6.07, 6.45) is 1.29. The molecule has 0 aliphatic carbocycles. The number of benzene rings is 1. The summed E-state index contributed by atoms with van der Waals surface area (Å²) in [5.74, 6) is 0. The Bertz CT molecular complexity index is 286. The van der Waals surface area contributed by atoms with Crippen LogP contribution in [0.3, 0.4) is 0 Å². The fourth-order valence-electron chi connectivity index (χ4n) is 0.725. The quantitative estimate of drug-likeness (QED) is 0.325. The van der Waals surface area contributed by atoms with Crippen LogP contribution in [-0.2, 0) is 0 Å². The zero-order valence-corrected chi connectivity index (χ0v) is 7.25. The third-order valence-electron chi connectivity index (χ3n) is 1.25. The van der Waals surface area contributed by atoms with E-state index in [-0.39, 0.29) is 0 Å². The molecule has 0 unspecified atom stereocenters. The first kappa shape index (κ1) is 8.07. The highest BCUT2D eigenvalue weighted by atomic mass is 79.9. The van der Waals surface area contributed by atoms with E-state index >= 15 is 0 Å². The van der Waals surface area contributed by atoms with Crippen molar-refractivity contribution in [2.45, 2.75) is 0 Å². The van der Waals surface area contributed by atoms with E-state index in [0.717, 1.165) is 4.47 Å². The van der Waals surface area contributed by atoms with Crippen LogP contribution in [0.1, 0.15) is 5.56 Å². The molecule has 0 aliphatic rings. The summed E-state index contributed by atoms with van der Waals surface area (Å²) in [5.41, 5.74) is 6.86. The molecule has 0 aliphatic heterocycles. The lowest BCUT2D eigenvalue weighted by Gasteiger charge is -1.98. The van der Waals surface area contributed by atoms with Crippen molar-refractivity contribution in [1.82, 2.24) is 0 Å². The molecular weight excluding hydrogens is 208 g/mol. The van der Waals surface area contributed by atoms with Gasteiger partial charge in [0, 0.05) is 15.7 Å². The average molecular weight is 215 g/mol. The molecule has 3 N–H and O–H groups in total. The van der Waals surface area contributed by atoms with Crippen molar-refractivity contribution in [1.29, 1.82) is 0 Å². The lowest BCUT2D eigenvalue weighted by molar-refractivity contribution is 0.322. The molecule has 0 fully saturated rings. The molecule has 0 atom stereocenters. The highest BCUT2D eigenvalue weighted by Crippen LogP contribution is 2.16. The molecule has 0 aromatic heterocycles. The molecule has 1 aromatic carbocycles. The van der Waals surface area contributed by atoms with E-state index in [2.05, 4.69) is 21.1 Å². The minimum atomic E-state index is 0.581. The normalized spacial score (nSPS) is 10.6. The SMILES string of the molecule is Nc1cc(Br)ccc1/C=N/O. The summed E-state index contributed by atoms with van der Waals surface area (Å²) in [5, 5.41) is 11.1. The smallest absolute Gasteiger partial charge is 0.0754 e. The zero-order chi connectivity index (χ0) is 8.27. The van der Waals surface area contributed by atoms with Gasteiger partial charge in [-0.2, -0.15) is 0 Å². The van der Waals surface area contributed by atoms with Crippen LogP contribution < -0.4 is 5.73 Å². The first-order valence-electron chi connectivity index (χ1n) is 2.96. The molecular formula is C7H7BrN2O. The monoisotopic (exact) mass is 214 g/mol. The lowest BCUT2D eigenvalue weighted by Crippen LogP contribution is -1.92. The summed E-state index contributed by atoms with van der Waals surface area (Å²) in [4.78, 5) is 0. The van der Waals surface area contributed by atoms with Gasteiger partial charge in [-0.15, -0.1) is 0 Å². The minimum Gasteiger partial charge on any atom is -0.411 e. The van der Waals surface area contributed by atoms with Gasteiger partial charge in [-0.05, 0) is 12.1 Å². The zero-order valence-electron chi connectivity index (χ0n) is 5.66. The van der Waals surface area contributed by atoms with Gasteiger partial charge in [-0.1, -0.05) is 27.2 Å². The number of hydrogen-bond donors (Lipinski definition) is 2. The Kier molecular flexibility index (Phi) is 2.48. The maximum Gasteiger partial charge on any atom is 0.0754 e. The van der Waals surface area contributed by atoms with E-state index in [4.69, 9.17) is 10.9 Å². The standard InChI is InChI=1S/C7H7BrN2O/c8-6-2-1-5(4-10-11)7(9)3-6/h1-4,11H,9H2/b10-4+. The van der Waals surface area contributed by atoms with Gasteiger partial charge in [0.25, 0.3) is 0 Å². The number of oxime groups is 1. The topological polar surface area (TPSA) is 58.6 Å². The number of rotatable bonds is 1. The van der Waals surface area contributed by atoms with Crippen molar-refractivity contribution in [2.75, 3.05) is 5.73 Å².